The number of aromatic amines is 1. The van der Waals surface area contributed by atoms with Gasteiger partial charge < -0.3 is 14.8 Å². The first kappa shape index (κ1) is 17.8. The Morgan fingerprint density at radius 3 is 2.69 bits per heavy atom. The molecule has 5 nitrogen and oxygen atoms in total. The predicted molar refractivity (Wildman–Crippen MR) is 100 cm³/mol. The molecule has 0 aliphatic heterocycles. The molecule has 6 heteroatoms. The lowest BCUT2D eigenvalue weighted by molar-refractivity contribution is -0.148. The molecule has 0 saturated carbocycles. The second kappa shape index (κ2) is 7.11. The van der Waals surface area contributed by atoms with Crippen molar-refractivity contribution >= 4 is 28.6 Å². The van der Waals surface area contributed by atoms with Gasteiger partial charge in [0.1, 0.15) is 6.61 Å². The van der Waals surface area contributed by atoms with E-state index in [1.54, 1.807) is 26.0 Å². The normalized spacial score (nSPS) is 11.0. The van der Waals surface area contributed by atoms with Crippen LogP contribution in [0.3, 0.4) is 0 Å². The maximum Gasteiger partial charge on any atom is 0.312 e. The molecule has 132 valence electrons. The SMILES string of the molecule is CC(C)(COc1nc2cc(Cl)c(C#Cc3ccccc3)cc2[nH]1)C(=O)O. The molecular formula is C20H17ClN2O3. The number of nitrogens with one attached hydrogen (secondary N) is 1. The number of carboxylic acid groups (broad SMARTS) is 1. The van der Waals surface area contributed by atoms with Crippen LogP contribution in [0.25, 0.3) is 11.0 Å². The quantitative estimate of drug-likeness (QED) is 0.680. The molecule has 0 unspecified atom stereocenters. The molecule has 1 aromatic heterocycles. The lowest BCUT2D eigenvalue weighted by Gasteiger charge is -2.17. The van der Waals surface area contributed by atoms with E-state index < -0.39 is 11.4 Å². The van der Waals surface area contributed by atoms with Crippen molar-refractivity contribution in [3.63, 3.8) is 0 Å². The van der Waals surface area contributed by atoms with Crippen molar-refractivity contribution in [2.75, 3.05) is 6.61 Å². The number of hydrogen-bond acceptors (Lipinski definition) is 3. The molecule has 0 aliphatic rings. The molecule has 0 spiro atoms. The van der Waals surface area contributed by atoms with Gasteiger partial charge in [0.25, 0.3) is 6.01 Å². The Labute approximate surface area is 156 Å². The highest BCUT2D eigenvalue weighted by Gasteiger charge is 2.28. The summed E-state index contributed by atoms with van der Waals surface area (Å²) in [6.45, 7) is 3.18. The van der Waals surface area contributed by atoms with Gasteiger partial charge in [0, 0.05) is 11.1 Å². The van der Waals surface area contributed by atoms with Gasteiger partial charge in [0.15, 0.2) is 0 Å². The average molecular weight is 369 g/mol. The third-order valence-corrected chi connectivity index (χ3v) is 4.13. The fourth-order valence-electron chi connectivity index (χ4n) is 2.14. The fraction of sp³-hybridized carbons (Fsp3) is 0.200. The molecule has 2 N–H and O–H groups in total. The van der Waals surface area contributed by atoms with E-state index in [1.165, 1.54) is 0 Å². The summed E-state index contributed by atoms with van der Waals surface area (Å²) < 4.78 is 5.50. The molecular weight excluding hydrogens is 352 g/mol. The van der Waals surface area contributed by atoms with Gasteiger partial charge in [-0.25, -0.2) is 0 Å². The van der Waals surface area contributed by atoms with E-state index in [-0.39, 0.29) is 12.6 Å². The van der Waals surface area contributed by atoms with Crippen LogP contribution in [-0.4, -0.2) is 27.7 Å². The van der Waals surface area contributed by atoms with Crippen molar-refractivity contribution in [3.8, 4) is 17.9 Å². The van der Waals surface area contributed by atoms with E-state index in [0.717, 1.165) is 11.1 Å². The number of aliphatic carboxylic acids is 1. The highest BCUT2D eigenvalue weighted by atomic mass is 35.5. The summed E-state index contributed by atoms with van der Waals surface area (Å²) in [7, 11) is 0. The number of carbonyl (C=O) groups is 1. The van der Waals surface area contributed by atoms with Crippen LogP contribution in [0, 0.1) is 17.3 Å². The van der Waals surface area contributed by atoms with Crippen LogP contribution < -0.4 is 4.74 Å². The van der Waals surface area contributed by atoms with Crippen LogP contribution in [0.2, 0.25) is 5.02 Å². The third kappa shape index (κ3) is 3.98. The Hall–Kier alpha value is -2.97. The predicted octanol–water partition coefficient (Wildman–Crippen LogP) is 4.11. The summed E-state index contributed by atoms with van der Waals surface area (Å²) in [6.07, 6.45) is 0. The van der Waals surface area contributed by atoms with Crippen LogP contribution in [0.5, 0.6) is 6.01 Å². The molecule has 26 heavy (non-hydrogen) atoms. The van der Waals surface area contributed by atoms with Crippen molar-refractivity contribution in [1.82, 2.24) is 9.97 Å². The second-order valence-corrected chi connectivity index (χ2v) is 6.89. The smallest absolute Gasteiger partial charge is 0.312 e. The summed E-state index contributed by atoms with van der Waals surface area (Å²) in [5, 5.41) is 9.63. The molecule has 2 aromatic carbocycles. The van der Waals surface area contributed by atoms with Gasteiger partial charge in [-0.15, -0.1) is 0 Å². The van der Waals surface area contributed by atoms with Crippen LogP contribution in [0.15, 0.2) is 42.5 Å². The number of fused-ring (bicyclic) bond motifs is 1. The Bertz CT molecular complexity index is 1010. The van der Waals surface area contributed by atoms with Gasteiger partial charge in [-0.3, -0.25) is 4.79 Å². The zero-order valence-electron chi connectivity index (χ0n) is 14.3. The number of halogens is 1. The Kier molecular flexibility index (Phi) is 4.88. The number of ether oxygens (including phenoxy) is 1. The molecule has 0 aliphatic carbocycles. The summed E-state index contributed by atoms with van der Waals surface area (Å²) >= 11 is 6.30. The molecule has 3 aromatic rings. The van der Waals surface area contributed by atoms with Crippen LogP contribution in [0.1, 0.15) is 25.0 Å². The number of imidazole rings is 1. The van der Waals surface area contributed by atoms with Crippen molar-refractivity contribution in [2.45, 2.75) is 13.8 Å². The number of nitrogens with zero attached hydrogens (tertiary/aromatic N) is 1. The fourth-order valence-corrected chi connectivity index (χ4v) is 2.35. The van der Waals surface area contributed by atoms with E-state index in [9.17, 15) is 4.79 Å². The van der Waals surface area contributed by atoms with Crippen molar-refractivity contribution in [1.29, 1.82) is 0 Å². The first-order valence-electron chi connectivity index (χ1n) is 7.98. The molecule has 0 saturated heterocycles. The standard InChI is InChI=1S/C20H17ClN2O3/c1-20(2,18(24)25)12-26-19-22-16-10-14(15(21)11-17(16)23-19)9-8-13-6-4-3-5-7-13/h3-7,10-11H,12H2,1-2H3,(H,22,23)(H,24,25). The maximum atomic E-state index is 11.1. The zero-order chi connectivity index (χ0) is 18.7. The number of carboxylic acids is 1. The average Bonchev–Trinajstić information content (AvgIpc) is 3.00. The van der Waals surface area contributed by atoms with Gasteiger partial charge >= 0.3 is 5.97 Å². The van der Waals surface area contributed by atoms with E-state index in [1.807, 2.05) is 30.3 Å². The minimum absolute atomic E-state index is 0.00342. The largest absolute Gasteiger partial charge is 0.481 e. The molecule has 0 amide bonds. The third-order valence-electron chi connectivity index (χ3n) is 3.81. The summed E-state index contributed by atoms with van der Waals surface area (Å²) in [6, 6.07) is 13.4. The first-order chi connectivity index (χ1) is 12.3. The molecule has 0 atom stereocenters. The van der Waals surface area contributed by atoms with E-state index >= 15 is 0 Å². The Balaban J connectivity index is 1.85. The first-order valence-corrected chi connectivity index (χ1v) is 8.35. The molecule has 0 fully saturated rings. The van der Waals surface area contributed by atoms with Gasteiger partial charge in [0.2, 0.25) is 0 Å². The minimum atomic E-state index is -1.01. The van der Waals surface area contributed by atoms with Gasteiger partial charge in [-0.05, 0) is 38.1 Å². The van der Waals surface area contributed by atoms with Crippen LogP contribution in [0.4, 0.5) is 0 Å². The monoisotopic (exact) mass is 368 g/mol. The highest BCUT2D eigenvalue weighted by Crippen LogP contribution is 2.25. The number of aromatic nitrogens is 2. The second-order valence-electron chi connectivity index (χ2n) is 6.48. The topological polar surface area (TPSA) is 75.2 Å². The van der Waals surface area contributed by atoms with Crippen molar-refractivity contribution in [2.24, 2.45) is 5.41 Å². The van der Waals surface area contributed by atoms with E-state index in [4.69, 9.17) is 21.4 Å². The maximum absolute atomic E-state index is 11.1. The van der Waals surface area contributed by atoms with Crippen LogP contribution >= 0.6 is 11.6 Å². The van der Waals surface area contributed by atoms with Gasteiger partial charge in [-0.2, -0.15) is 4.98 Å². The number of rotatable bonds is 4. The van der Waals surface area contributed by atoms with Gasteiger partial charge in [0.05, 0.1) is 21.5 Å². The van der Waals surface area contributed by atoms with Crippen LogP contribution in [-0.2, 0) is 4.79 Å². The zero-order valence-corrected chi connectivity index (χ0v) is 15.1. The van der Waals surface area contributed by atoms with E-state index in [2.05, 4.69) is 21.8 Å². The van der Waals surface area contributed by atoms with E-state index in [0.29, 0.717) is 16.1 Å². The van der Waals surface area contributed by atoms with Crippen molar-refractivity contribution < 1.29 is 14.6 Å². The van der Waals surface area contributed by atoms with Crippen molar-refractivity contribution in [3.05, 3.63) is 58.6 Å². The Morgan fingerprint density at radius 1 is 1.27 bits per heavy atom. The highest BCUT2D eigenvalue weighted by molar-refractivity contribution is 6.32. The number of hydrogen-bond donors (Lipinski definition) is 2. The number of benzene rings is 2. The molecule has 0 bridgehead atoms. The minimum Gasteiger partial charge on any atom is -0.481 e. The van der Waals surface area contributed by atoms with Gasteiger partial charge in [-0.1, -0.05) is 41.6 Å². The summed E-state index contributed by atoms with van der Waals surface area (Å²) in [5.41, 5.74) is 1.90. The lowest BCUT2D eigenvalue weighted by Crippen LogP contribution is -2.30. The molecule has 0 radical (unpaired) electrons. The molecule has 1 heterocycles. The lowest BCUT2D eigenvalue weighted by atomic mass is 9.95. The number of H-pyrrole nitrogens is 1. The summed E-state index contributed by atoms with van der Waals surface area (Å²) in [4.78, 5) is 18.5. The molecule has 3 rings (SSSR count). The Morgan fingerprint density at radius 2 is 2.00 bits per heavy atom. The summed E-state index contributed by atoms with van der Waals surface area (Å²) in [5.74, 6) is 5.18.